The normalized spacial score (nSPS) is 17.9. The number of phenols is 1. The summed E-state index contributed by atoms with van der Waals surface area (Å²) in [6, 6.07) is 9.83. The van der Waals surface area contributed by atoms with E-state index in [2.05, 4.69) is 11.4 Å². The van der Waals surface area contributed by atoms with Crippen molar-refractivity contribution in [2.45, 2.75) is 25.4 Å². The Morgan fingerprint density at radius 3 is 2.89 bits per heavy atom. The van der Waals surface area contributed by atoms with Crippen LogP contribution in [0.1, 0.15) is 28.5 Å². The molecular formula is C14H14ClNOS. The van der Waals surface area contributed by atoms with Crippen LogP contribution in [0.15, 0.2) is 30.3 Å². The number of fused-ring (bicyclic) bond motifs is 1. The van der Waals surface area contributed by atoms with Crippen LogP contribution in [0.4, 0.5) is 0 Å². The minimum Gasteiger partial charge on any atom is -0.508 e. The molecule has 0 aliphatic heterocycles. The van der Waals surface area contributed by atoms with E-state index >= 15 is 0 Å². The smallest absolute Gasteiger partial charge is 0.115 e. The lowest BCUT2D eigenvalue weighted by Crippen LogP contribution is -2.18. The number of phenolic OH excluding ortho intramolecular Hbond substituents is 1. The van der Waals surface area contributed by atoms with Crippen molar-refractivity contribution < 1.29 is 5.11 Å². The summed E-state index contributed by atoms with van der Waals surface area (Å²) in [5.41, 5.74) is 2.55. The molecule has 1 heterocycles. The number of hydrogen-bond acceptors (Lipinski definition) is 3. The van der Waals surface area contributed by atoms with Gasteiger partial charge in [0.2, 0.25) is 0 Å². The van der Waals surface area contributed by atoms with Crippen molar-refractivity contribution in [1.29, 1.82) is 0 Å². The van der Waals surface area contributed by atoms with Gasteiger partial charge in [-0.2, -0.15) is 0 Å². The highest BCUT2D eigenvalue weighted by molar-refractivity contribution is 7.16. The fraction of sp³-hybridized carbons (Fsp3) is 0.286. The van der Waals surface area contributed by atoms with Crippen LogP contribution in [0, 0.1) is 0 Å². The number of thiophene rings is 1. The number of hydrogen-bond donors (Lipinski definition) is 2. The molecule has 0 fully saturated rings. The van der Waals surface area contributed by atoms with Crippen molar-refractivity contribution >= 4 is 22.9 Å². The zero-order chi connectivity index (χ0) is 12.5. The van der Waals surface area contributed by atoms with Crippen molar-refractivity contribution in [3.05, 3.63) is 50.7 Å². The molecular weight excluding hydrogens is 266 g/mol. The van der Waals surface area contributed by atoms with Gasteiger partial charge in [-0.15, -0.1) is 11.3 Å². The lowest BCUT2D eigenvalue weighted by molar-refractivity contribution is 0.474. The molecule has 1 aliphatic carbocycles. The van der Waals surface area contributed by atoms with E-state index in [0.29, 0.717) is 11.8 Å². The molecule has 94 valence electrons. The zero-order valence-corrected chi connectivity index (χ0v) is 11.4. The van der Waals surface area contributed by atoms with Crippen LogP contribution >= 0.6 is 22.9 Å². The van der Waals surface area contributed by atoms with Gasteiger partial charge < -0.3 is 10.4 Å². The summed E-state index contributed by atoms with van der Waals surface area (Å²) < 4.78 is 0.885. The van der Waals surface area contributed by atoms with Gasteiger partial charge in [-0.05, 0) is 42.2 Å². The topological polar surface area (TPSA) is 32.3 Å². The molecule has 1 atom stereocenters. The third kappa shape index (κ3) is 2.39. The number of benzene rings is 1. The van der Waals surface area contributed by atoms with E-state index in [0.717, 1.165) is 23.7 Å². The van der Waals surface area contributed by atoms with Crippen molar-refractivity contribution in [1.82, 2.24) is 5.32 Å². The summed E-state index contributed by atoms with van der Waals surface area (Å²) in [4.78, 5) is 1.42. The van der Waals surface area contributed by atoms with E-state index in [1.54, 1.807) is 23.5 Å². The molecule has 0 radical (unpaired) electrons. The molecule has 0 spiro atoms. The summed E-state index contributed by atoms with van der Waals surface area (Å²) in [6.07, 6.45) is 2.27. The molecule has 0 saturated carbocycles. The Hall–Kier alpha value is -1.03. The van der Waals surface area contributed by atoms with Gasteiger partial charge >= 0.3 is 0 Å². The molecule has 3 rings (SSSR count). The Labute approximate surface area is 115 Å². The Morgan fingerprint density at radius 2 is 2.11 bits per heavy atom. The highest BCUT2D eigenvalue weighted by Crippen LogP contribution is 2.39. The Bertz CT molecular complexity index is 549. The average molecular weight is 280 g/mol. The summed E-state index contributed by atoms with van der Waals surface area (Å²) in [5, 5.41) is 12.8. The van der Waals surface area contributed by atoms with E-state index in [1.807, 2.05) is 12.1 Å². The van der Waals surface area contributed by atoms with Crippen molar-refractivity contribution in [2.24, 2.45) is 0 Å². The molecule has 2 nitrogen and oxygen atoms in total. The number of nitrogens with one attached hydrogen (secondary N) is 1. The number of aryl methyl sites for hydroxylation is 1. The summed E-state index contributed by atoms with van der Waals surface area (Å²) >= 11 is 7.74. The van der Waals surface area contributed by atoms with Crippen LogP contribution in [0.2, 0.25) is 4.34 Å². The summed E-state index contributed by atoms with van der Waals surface area (Å²) in [7, 11) is 0. The minimum atomic E-state index is 0.312. The predicted molar refractivity (Wildman–Crippen MR) is 75.3 cm³/mol. The monoisotopic (exact) mass is 279 g/mol. The van der Waals surface area contributed by atoms with Crippen molar-refractivity contribution in [2.75, 3.05) is 0 Å². The van der Waals surface area contributed by atoms with Crippen LogP contribution in [0.3, 0.4) is 0 Å². The van der Waals surface area contributed by atoms with Crippen molar-refractivity contribution in [3.63, 3.8) is 0 Å². The van der Waals surface area contributed by atoms with Crippen LogP contribution in [0.5, 0.6) is 5.75 Å². The van der Waals surface area contributed by atoms with Crippen molar-refractivity contribution in [3.8, 4) is 5.75 Å². The van der Waals surface area contributed by atoms with Gasteiger partial charge in [-0.25, -0.2) is 0 Å². The molecule has 1 aromatic carbocycles. The molecule has 0 saturated heterocycles. The average Bonchev–Trinajstić information content (AvgIpc) is 2.88. The number of aromatic hydroxyl groups is 1. The Morgan fingerprint density at radius 1 is 1.33 bits per heavy atom. The largest absolute Gasteiger partial charge is 0.508 e. The van der Waals surface area contributed by atoms with Crippen LogP contribution in [-0.4, -0.2) is 5.11 Å². The van der Waals surface area contributed by atoms with Gasteiger partial charge in [0, 0.05) is 17.5 Å². The van der Waals surface area contributed by atoms with Gasteiger partial charge in [0.15, 0.2) is 0 Å². The molecule has 4 heteroatoms. The molecule has 2 aromatic rings. The highest BCUT2D eigenvalue weighted by atomic mass is 35.5. The maximum atomic E-state index is 9.24. The van der Waals surface area contributed by atoms with E-state index in [9.17, 15) is 5.11 Å². The lowest BCUT2D eigenvalue weighted by atomic mass is 10.1. The van der Waals surface area contributed by atoms with E-state index in [4.69, 9.17) is 11.6 Å². The second-order valence-corrected chi connectivity index (χ2v) is 6.34. The standard InChI is InChI=1S/C14H14ClNOS/c15-14-7-11-12(5-6-13(11)18-14)16-8-9-1-3-10(17)4-2-9/h1-4,7,12,16-17H,5-6,8H2. The molecule has 1 aliphatic rings. The zero-order valence-electron chi connectivity index (χ0n) is 9.82. The molecule has 2 N–H and O–H groups in total. The van der Waals surface area contributed by atoms with Crippen LogP contribution in [-0.2, 0) is 13.0 Å². The van der Waals surface area contributed by atoms with Gasteiger partial charge in [-0.1, -0.05) is 23.7 Å². The van der Waals surface area contributed by atoms with E-state index < -0.39 is 0 Å². The first-order chi connectivity index (χ1) is 8.72. The van der Waals surface area contributed by atoms with Gasteiger partial charge in [0.1, 0.15) is 5.75 Å². The number of rotatable bonds is 3. The molecule has 1 unspecified atom stereocenters. The Balaban J connectivity index is 1.66. The lowest BCUT2D eigenvalue weighted by Gasteiger charge is -2.12. The first-order valence-electron chi connectivity index (χ1n) is 6.02. The Kier molecular flexibility index (Phi) is 3.29. The number of halogens is 1. The van der Waals surface area contributed by atoms with Crippen LogP contribution < -0.4 is 5.32 Å². The molecule has 1 aromatic heterocycles. The predicted octanol–water partition coefficient (Wildman–Crippen LogP) is 3.88. The first-order valence-corrected chi connectivity index (χ1v) is 7.21. The van der Waals surface area contributed by atoms with E-state index in [-0.39, 0.29) is 0 Å². The van der Waals surface area contributed by atoms with Gasteiger partial charge in [0.05, 0.1) is 4.34 Å². The van der Waals surface area contributed by atoms with Gasteiger partial charge in [-0.3, -0.25) is 0 Å². The first kappa shape index (κ1) is 12.0. The second-order valence-electron chi connectivity index (χ2n) is 4.57. The molecule has 0 amide bonds. The third-order valence-corrected chi connectivity index (χ3v) is 4.68. The third-order valence-electron chi connectivity index (χ3n) is 3.34. The molecule has 0 bridgehead atoms. The highest BCUT2D eigenvalue weighted by Gasteiger charge is 2.24. The maximum absolute atomic E-state index is 9.24. The molecule has 18 heavy (non-hydrogen) atoms. The van der Waals surface area contributed by atoms with Crippen LogP contribution in [0.25, 0.3) is 0 Å². The minimum absolute atomic E-state index is 0.312. The van der Waals surface area contributed by atoms with Gasteiger partial charge in [0.25, 0.3) is 0 Å². The quantitative estimate of drug-likeness (QED) is 0.893. The maximum Gasteiger partial charge on any atom is 0.115 e. The fourth-order valence-corrected chi connectivity index (χ4v) is 3.75. The SMILES string of the molecule is Oc1ccc(CNC2CCc3sc(Cl)cc32)cc1. The summed E-state index contributed by atoms with van der Waals surface area (Å²) in [6.45, 7) is 0.817. The summed E-state index contributed by atoms with van der Waals surface area (Å²) in [5.74, 6) is 0.312. The second kappa shape index (κ2) is 4.92. The fourth-order valence-electron chi connectivity index (χ4n) is 2.40. The van der Waals surface area contributed by atoms with E-state index in [1.165, 1.54) is 16.0 Å².